The summed E-state index contributed by atoms with van der Waals surface area (Å²) in [6.07, 6.45) is -0.231. The molecule has 0 saturated heterocycles. The molecular formula is C20H23NO5. The molecule has 6 nitrogen and oxygen atoms in total. The van der Waals surface area contributed by atoms with Gasteiger partial charge in [0.2, 0.25) is 0 Å². The third-order valence-corrected chi connectivity index (χ3v) is 3.78. The first kappa shape index (κ1) is 19.5. The van der Waals surface area contributed by atoms with Crippen LogP contribution in [0.4, 0.5) is 0 Å². The van der Waals surface area contributed by atoms with Crippen molar-refractivity contribution in [1.29, 1.82) is 0 Å². The molecule has 0 aliphatic heterocycles. The van der Waals surface area contributed by atoms with Crippen LogP contribution < -0.4 is 10.1 Å². The summed E-state index contributed by atoms with van der Waals surface area (Å²) in [7, 11) is 1.46. The van der Waals surface area contributed by atoms with E-state index in [-0.39, 0.29) is 18.9 Å². The van der Waals surface area contributed by atoms with E-state index in [1.54, 1.807) is 31.2 Å². The number of aliphatic carboxylic acids is 1. The number of carboxylic acid groups (broad SMARTS) is 1. The van der Waals surface area contributed by atoms with Crippen molar-refractivity contribution in [1.82, 2.24) is 5.32 Å². The Labute approximate surface area is 152 Å². The fourth-order valence-corrected chi connectivity index (χ4v) is 2.57. The predicted octanol–water partition coefficient (Wildman–Crippen LogP) is 2.88. The maximum Gasteiger partial charge on any atom is 0.305 e. The molecule has 0 saturated carbocycles. The largest absolute Gasteiger partial charge is 0.489 e. The second-order valence-electron chi connectivity index (χ2n) is 6.32. The van der Waals surface area contributed by atoms with Gasteiger partial charge in [-0.1, -0.05) is 30.3 Å². The number of hydrogen-bond acceptors (Lipinski definition) is 4. The smallest absolute Gasteiger partial charge is 0.305 e. The zero-order chi connectivity index (χ0) is 19.0. The van der Waals surface area contributed by atoms with Crippen molar-refractivity contribution in [2.45, 2.75) is 25.5 Å². The van der Waals surface area contributed by atoms with Gasteiger partial charge in [0.15, 0.2) is 0 Å². The van der Waals surface area contributed by atoms with Gasteiger partial charge in [0.05, 0.1) is 18.6 Å². The van der Waals surface area contributed by atoms with Gasteiger partial charge in [-0.2, -0.15) is 0 Å². The summed E-state index contributed by atoms with van der Waals surface area (Å²) in [4.78, 5) is 23.4. The van der Waals surface area contributed by atoms with Crippen LogP contribution in [0.2, 0.25) is 0 Å². The predicted molar refractivity (Wildman–Crippen MR) is 97.2 cm³/mol. The lowest BCUT2D eigenvalue weighted by Crippen LogP contribution is -2.50. The number of rotatable bonds is 9. The van der Waals surface area contributed by atoms with Crippen molar-refractivity contribution in [2.24, 2.45) is 0 Å². The molecular weight excluding hydrogens is 334 g/mol. The summed E-state index contributed by atoms with van der Waals surface area (Å²) in [5, 5.41) is 11.8. The van der Waals surface area contributed by atoms with Gasteiger partial charge in [0.1, 0.15) is 12.4 Å². The molecule has 2 aromatic carbocycles. The Morgan fingerprint density at radius 1 is 1.08 bits per heavy atom. The fraction of sp³-hybridized carbons (Fsp3) is 0.300. The van der Waals surface area contributed by atoms with Crippen LogP contribution in [0, 0.1) is 0 Å². The summed E-state index contributed by atoms with van der Waals surface area (Å²) in [5.41, 5.74) is 0.489. The molecule has 0 radical (unpaired) electrons. The van der Waals surface area contributed by atoms with Gasteiger partial charge in [-0.25, -0.2) is 0 Å². The Hall–Kier alpha value is -2.86. The summed E-state index contributed by atoms with van der Waals surface area (Å²) < 4.78 is 10.7. The van der Waals surface area contributed by atoms with E-state index in [2.05, 4.69) is 5.32 Å². The SMILES string of the molecule is COCC(C)(CC(=O)O)NC(=O)c1ccc(OCc2ccccc2)cc1. The van der Waals surface area contributed by atoms with Crippen molar-refractivity contribution < 1.29 is 24.2 Å². The molecule has 26 heavy (non-hydrogen) atoms. The van der Waals surface area contributed by atoms with Crippen LogP contribution in [-0.4, -0.2) is 36.2 Å². The molecule has 0 heterocycles. The summed E-state index contributed by atoms with van der Waals surface area (Å²) >= 11 is 0. The lowest BCUT2D eigenvalue weighted by molar-refractivity contribution is -0.139. The van der Waals surface area contributed by atoms with Gasteiger partial charge < -0.3 is 19.9 Å². The highest BCUT2D eigenvalue weighted by Gasteiger charge is 2.29. The lowest BCUT2D eigenvalue weighted by atomic mass is 9.98. The van der Waals surface area contributed by atoms with Crippen molar-refractivity contribution in [3.8, 4) is 5.75 Å². The van der Waals surface area contributed by atoms with E-state index in [0.717, 1.165) is 5.56 Å². The molecule has 2 N–H and O–H groups in total. The normalized spacial score (nSPS) is 12.8. The van der Waals surface area contributed by atoms with Crippen molar-refractivity contribution in [3.05, 3.63) is 65.7 Å². The Morgan fingerprint density at radius 3 is 2.31 bits per heavy atom. The maximum absolute atomic E-state index is 12.4. The van der Waals surface area contributed by atoms with E-state index in [4.69, 9.17) is 14.6 Å². The van der Waals surface area contributed by atoms with Crippen LogP contribution in [0.3, 0.4) is 0 Å². The molecule has 0 fully saturated rings. The number of carboxylic acids is 1. The monoisotopic (exact) mass is 357 g/mol. The van der Waals surface area contributed by atoms with E-state index in [1.807, 2.05) is 30.3 Å². The Morgan fingerprint density at radius 2 is 1.73 bits per heavy atom. The van der Waals surface area contributed by atoms with E-state index in [0.29, 0.717) is 17.9 Å². The molecule has 138 valence electrons. The minimum Gasteiger partial charge on any atom is -0.489 e. The van der Waals surface area contributed by atoms with Crippen LogP contribution in [0.5, 0.6) is 5.75 Å². The highest BCUT2D eigenvalue weighted by Crippen LogP contribution is 2.16. The number of hydrogen-bond donors (Lipinski definition) is 2. The van der Waals surface area contributed by atoms with E-state index in [9.17, 15) is 9.59 Å². The number of methoxy groups -OCH3 is 1. The minimum atomic E-state index is -1.01. The molecule has 0 aliphatic rings. The van der Waals surface area contributed by atoms with Gasteiger partial charge in [0.25, 0.3) is 5.91 Å². The lowest BCUT2D eigenvalue weighted by Gasteiger charge is -2.28. The third kappa shape index (κ3) is 5.89. The molecule has 0 aromatic heterocycles. The quantitative estimate of drug-likeness (QED) is 0.721. The van der Waals surface area contributed by atoms with Gasteiger partial charge in [-0.05, 0) is 36.8 Å². The van der Waals surface area contributed by atoms with Crippen molar-refractivity contribution in [3.63, 3.8) is 0 Å². The van der Waals surface area contributed by atoms with Crippen LogP contribution in [-0.2, 0) is 16.1 Å². The van der Waals surface area contributed by atoms with Gasteiger partial charge in [-0.3, -0.25) is 9.59 Å². The average molecular weight is 357 g/mol. The molecule has 1 atom stereocenters. The summed E-state index contributed by atoms with van der Waals surface area (Å²) in [5.74, 6) is -0.717. The zero-order valence-corrected chi connectivity index (χ0v) is 14.9. The van der Waals surface area contributed by atoms with Gasteiger partial charge in [0, 0.05) is 12.7 Å². The number of amides is 1. The van der Waals surface area contributed by atoms with Crippen LogP contribution in [0.25, 0.3) is 0 Å². The Kier molecular flexibility index (Phi) is 6.74. The van der Waals surface area contributed by atoms with E-state index >= 15 is 0 Å². The van der Waals surface area contributed by atoms with Crippen molar-refractivity contribution in [2.75, 3.05) is 13.7 Å². The van der Waals surface area contributed by atoms with Crippen LogP contribution in [0.1, 0.15) is 29.3 Å². The number of ether oxygens (including phenoxy) is 2. The van der Waals surface area contributed by atoms with Gasteiger partial charge >= 0.3 is 5.97 Å². The highest BCUT2D eigenvalue weighted by molar-refractivity contribution is 5.95. The summed E-state index contributed by atoms with van der Waals surface area (Å²) in [6.45, 7) is 2.18. The first-order chi connectivity index (χ1) is 12.4. The van der Waals surface area contributed by atoms with Crippen molar-refractivity contribution >= 4 is 11.9 Å². The van der Waals surface area contributed by atoms with Crippen LogP contribution >= 0.6 is 0 Å². The third-order valence-electron chi connectivity index (χ3n) is 3.78. The fourth-order valence-electron chi connectivity index (χ4n) is 2.57. The molecule has 2 rings (SSSR count). The second kappa shape index (κ2) is 9.01. The number of carbonyl (C=O) groups excluding carboxylic acids is 1. The van der Waals surface area contributed by atoms with Crippen LogP contribution in [0.15, 0.2) is 54.6 Å². The maximum atomic E-state index is 12.4. The molecule has 0 spiro atoms. The zero-order valence-electron chi connectivity index (χ0n) is 14.9. The highest BCUT2D eigenvalue weighted by atomic mass is 16.5. The first-order valence-electron chi connectivity index (χ1n) is 8.22. The molecule has 1 amide bonds. The molecule has 6 heteroatoms. The average Bonchev–Trinajstić information content (AvgIpc) is 2.60. The molecule has 2 aromatic rings. The molecule has 0 aliphatic carbocycles. The molecule has 1 unspecified atom stereocenters. The number of carbonyl (C=O) groups is 2. The number of benzene rings is 2. The standard InChI is InChI=1S/C20H23NO5/c1-20(14-25-2,12-18(22)23)21-19(24)16-8-10-17(11-9-16)26-13-15-6-4-3-5-7-15/h3-11H,12-14H2,1-2H3,(H,21,24)(H,22,23). The molecule has 0 bridgehead atoms. The topological polar surface area (TPSA) is 84.9 Å². The van der Waals surface area contributed by atoms with E-state index < -0.39 is 11.5 Å². The minimum absolute atomic E-state index is 0.101. The second-order valence-corrected chi connectivity index (χ2v) is 6.32. The Balaban J connectivity index is 1.97. The Bertz CT molecular complexity index is 730. The van der Waals surface area contributed by atoms with E-state index in [1.165, 1.54) is 7.11 Å². The van der Waals surface area contributed by atoms with Gasteiger partial charge in [-0.15, -0.1) is 0 Å². The first-order valence-corrected chi connectivity index (χ1v) is 8.22. The summed E-state index contributed by atoms with van der Waals surface area (Å²) in [6, 6.07) is 16.5. The number of nitrogens with one attached hydrogen (secondary N) is 1.